The number of nitrogens with one attached hydrogen (secondary N) is 1. The predicted octanol–water partition coefficient (Wildman–Crippen LogP) is 1.73. The molecule has 1 heterocycles. The normalized spacial score (nSPS) is 33.5. The highest BCUT2D eigenvalue weighted by Crippen LogP contribution is 2.35. The van der Waals surface area contributed by atoms with Crippen LogP contribution in [-0.2, 0) is 4.79 Å². The average molecular weight is 210 g/mol. The minimum atomic E-state index is 0.0571. The van der Waals surface area contributed by atoms with Gasteiger partial charge in [0, 0.05) is 6.04 Å². The molecule has 0 radical (unpaired) electrons. The molecule has 3 atom stereocenters. The van der Waals surface area contributed by atoms with Crippen molar-refractivity contribution in [2.24, 2.45) is 5.92 Å². The van der Waals surface area contributed by atoms with Crippen molar-refractivity contribution in [1.82, 2.24) is 10.2 Å². The summed E-state index contributed by atoms with van der Waals surface area (Å²) in [4.78, 5) is 14.1. The summed E-state index contributed by atoms with van der Waals surface area (Å²) in [7, 11) is 0. The fraction of sp³-hybridized carbons (Fsp3) is 0.917. The Morgan fingerprint density at radius 1 is 1.53 bits per heavy atom. The molecule has 3 unspecified atom stereocenters. The summed E-state index contributed by atoms with van der Waals surface area (Å²) in [6.07, 6.45) is 5.04. The number of rotatable bonds is 4. The monoisotopic (exact) mass is 210 g/mol. The number of carbonyl (C=O) groups is 1. The molecule has 1 amide bonds. The summed E-state index contributed by atoms with van der Waals surface area (Å²) in [5.74, 6) is 1.19. The Hall–Kier alpha value is -0.570. The number of hydrogen-bond acceptors (Lipinski definition) is 2. The first-order valence-electron chi connectivity index (χ1n) is 6.21. The number of carbonyl (C=O) groups excluding carboxylic acids is 1. The SMILES string of the molecule is CCC1NC(C)N(C(C)CC2CC2)C1=O. The van der Waals surface area contributed by atoms with Crippen molar-refractivity contribution < 1.29 is 4.79 Å². The number of hydrogen-bond donors (Lipinski definition) is 1. The van der Waals surface area contributed by atoms with Crippen molar-refractivity contribution in [2.45, 2.75) is 64.7 Å². The van der Waals surface area contributed by atoms with Gasteiger partial charge in [-0.1, -0.05) is 19.8 Å². The maximum atomic E-state index is 12.1. The van der Waals surface area contributed by atoms with Crippen LogP contribution in [0.2, 0.25) is 0 Å². The van der Waals surface area contributed by atoms with E-state index in [2.05, 4.69) is 26.1 Å². The molecule has 1 saturated carbocycles. The van der Waals surface area contributed by atoms with E-state index >= 15 is 0 Å². The molecule has 0 aromatic rings. The average Bonchev–Trinajstić information content (AvgIpc) is 2.92. The van der Waals surface area contributed by atoms with E-state index in [1.165, 1.54) is 19.3 Å². The molecule has 2 rings (SSSR count). The van der Waals surface area contributed by atoms with Gasteiger partial charge in [0.25, 0.3) is 0 Å². The van der Waals surface area contributed by atoms with Crippen LogP contribution in [0.1, 0.15) is 46.5 Å². The fourth-order valence-corrected chi connectivity index (χ4v) is 2.65. The number of amides is 1. The van der Waals surface area contributed by atoms with Crippen LogP contribution in [0.25, 0.3) is 0 Å². The lowest BCUT2D eigenvalue weighted by Gasteiger charge is -2.28. The van der Waals surface area contributed by atoms with Crippen LogP contribution in [0, 0.1) is 5.92 Å². The van der Waals surface area contributed by atoms with Crippen LogP contribution >= 0.6 is 0 Å². The molecule has 15 heavy (non-hydrogen) atoms. The van der Waals surface area contributed by atoms with Gasteiger partial charge >= 0.3 is 0 Å². The summed E-state index contributed by atoms with van der Waals surface area (Å²) < 4.78 is 0. The molecule has 2 fully saturated rings. The zero-order valence-corrected chi connectivity index (χ0v) is 9.99. The van der Waals surface area contributed by atoms with Gasteiger partial charge in [-0.15, -0.1) is 0 Å². The van der Waals surface area contributed by atoms with Gasteiger partial charge in [0.05, 0.1) is 12.2 Å². The van der Waals surface area contributed by atoms with Crippen molar-refractivity contribution in [2.75, 3.05) is 0 Å². The molecule has 0 spiro atoms. The van der Waals surface area contributed by atoms with E-state index < -0.39 is 0 Å². The molecule has 3 nitrogen and oxygen atoms in total. The summed E-state index contributed by atoms with van der Waals surface area (Å²) >= 11 is 0. The first kappa shape index (κ1) is 10.9. The second-order valence-corrected chi connectivity index (χ2v) is 5.08. The van der Waals surface area contributed by atoms with Crippen LogP contribution in [0.3, 0.4) is 0 Å². The quantitative estimate of drug-likeness (QED) is 0.766. The second-order valence-electron chi connectivity index (χ2n) is 5.08. The summed E-state index contributed by atoms with van der Waals surface area (Å²) in [6.45, 7) is 6.35. The van der Waals surface area contributed by atoms with Crippen molar-refractivity contribution in [3.05, 3.63) is 0 Å². The zero-order valence-electron chi connectivity index (χ0n) is 9.99. The number of nitrogens with zero attached hydrogens (tertiary/aromatic N) is 1. The van der Waals surface area contributed by atoms with Gasteiger partial charge in [0.15, 0.2) is 0 Å². The first-order valence-corrected chi connectivity index (χ1v) is 6.21. The van der Waals surface area contributed by atoms with Gasteiger partial charge in [-0.05, 0) is 32.6 Å². The lowest BCUT2D eigenvalue weighted by Crippen LogP contribution is -2.41. The van der Waals surface area contributed by atoms with Gasteiger partial charge in [-0.25, -0.2) is 0 Å². The third kappa shape index (κ3) is 2.17. The predicted molar refractivity (Wildman–Crippen MR) is 60.3 cm³/mol. The minimum Gasteiger partial charge on any atom is -0.323 e. The molecule has 0 aromatic carbocycles. The zero-order chi connectivity index (χ0) is 11.0. The molecule has 1 N–H and O–H groups in total. The molecule has 1 aliphatic carbocycles. The molecule has 0 aromatic heterocycles. The van der Waals surface area contributed by atoms with Crippen LogP contribution in [0.4, 0.5) is 0 Å². The van der Waals surface area contributed by atoms with Gasteiger partial charge in [-0.3, -0.25) is 10.1 Å². The van der Waals surface area contributed by atoms with E-state index in [9.17, 15) is 4.79 Å². The third-order valence-corrected chi connectivity index (χ3v) is 3.67. The lowest BCUT2D eigenvalue weighted by atomic mass is 10.1. The lowest BCUT2D eigenvalue weighted by molar-refractivity contribution is -0.131. The Morgan fingerprint density at radius 3 is 2.67 bits per heavy atom. The Labute approximate surface area is 92.2 Å². The molecule has 3 heteroatoms. The summed E-state index contributed by atoms with van der Waals surface area (Å²) in [5.41, 5.74) is 0. The van der Waals surface area contributed by atoms with E-state index in [4.69, 9.17) is 0 Å². The van der Waals surface area contributed by atoms with Gasteiger partial charge in [-0.2, -0.15) is 0 Å². The molecule has 0 bridgehead atoms. The summed E-state index contributed by atoms with van der Waals surface area (Å²) in [6, 6.07) is 0.464. The standard InChI is InChI=1S/C12H22N2O/c1-4-11-12(15)14(9(3)13-11)8(2)7-10-5-6-10/h8-11,13H,4-7H2,1-3H3. The van der Waals surface area contributed by atoms with Crippen molar-refractivity contribution >= 4 is 5.91 Å². The Bertz CT molecular complexity index is 250. The van der Waals surface area contributed by atoms with Gasteiger partial charge < -0.3 is 4.90 Å². The van der Waals surface area contributed by atoms with E-state index in [1.807, 2.05) is 4.90 Å². The van der Waals surface area contributed by atoms with E-state index in [1.54, 1.807) is 0 Å². The smallest absolute Gasteiger partial charge is 0.241 e. The maximum Gasteiger partial charge on any atom is 0.241 e. The molecule has 1 aliphatic heterocycles. The molecule has 1 saturated heterocycles. The van der Waals surface area contributed by atoms with E-state index in [0.29, 0.717) is 11.9 Å². The van der Waals surface area contributed by atoms with Crippen molar-refractivity contribution in [3.8, 4) is 0 Å². The van der Waals surface area contributed by atoms with Crippen molar-refractivity contribution in [3.63, 3.8) is 0 Å². The second kappa shape index (κ2) is 4.12. The minimum absolute atomic E-state index is 0.0571. The Kier molecular flexibility index (Phi) is 3.01. The topological polar surface area (TPSA) is 32.3 Å². The highest BCUT2D eigenvalue weighted by atomic mass is 16.2. The highest BCUT2D eigenvalue weighted by Gasteiger charge is 2.39. The molecular weight excluding hydrogens is 188 g/mol. The molecule has 2 aliphatic rings. The van der Waals surface area contributed by atoms with Crippen LogP contribution in [0.5, 0.6) is 0 Å². The largest absolute Gasteiger partial charge is 0.323 e. The Balaban J connectivity index is 1.97. The van der Waals surface area contributed by atoms with Crippen LogP contribution in [0.15, 0.2) is 0 Å². The Morgan fingerprint density at radius 2 is 2.20 bits per heavy atom. The van der Waals surface area contributed by atoms with Crippen LogP contribution < -0.4 is 5.32 Å². The molecule has 86 valence electrons. The third-order valence-electron chi connectivity index (χ3n) is 3.67. The van der Waals surface area contributed by atoms with E-state index in [-0.39, 0.29) is 12.2 Å². The van der Waals surface area contributed by atoms with Crippen LogP contribution in [-0.4, -0.2) is 29.1 Å². The fourth-order valence-electron chi connectivity index (χ4n) is 2.65. The first-order chi connectivity index (χ1) is 7.13. The van der Waals surface area contributed by atoms with Gasteiger partial charge in [0.1, 0.15) is 0 Å². The molecular formula is C12H22N2O. The summed E-state index contributed by atoms with van der Waals surface area (Å²) in [5, 5.41) is 3.35. The maximum absolute atomic E-state index is 12.1. The highest BCUT2D eigenvalue weighted by molar-refractivity contribution is 5.84. The van der Waals surface area contributed by atoms with E-state index in [0.717, 1.165) is 12.3 Å². The van der Waals surface area contributed by atoms with Crippen molar-refractivity contribution in [1.29, 1.82) is 0 Å². The van der Waals surface area contributed by atoms with Gasteiger partial charge in [0.2, 0.25) is 5.91 Å².